The van der Waals surface area contributed by atoms with Gasteiger partial charge < -0.3 is 25.2 Å². The second kappa shape index (κ2) is 15.3. The van der Waals surface area contributed by atoms with Crippen LogP contribution < -0.4 is 10.6 Å². The van der Waals surface area contributed by atoms with E-state index in [0.29, 0.717) is 12.0 Å². The van der Waals surface area contributed by atoms with Crippen molar-refractivity contribution in [2.24, 2.45) is 0 Å². The number of aromatic hydroxyl groups is 1. The molecule has 0 aliphatic heterocycles. The van der Waals surface area contributed by atoms with Gasteiger partial charge in [0, 0.05) is 11.4 Å². The molecule has 8 nitrogen and oxygen atoms in total. The lowest BCUT2D eigenvalue weighted by molar-refractivity contribution is -0.159. The summed E-state index contributed by atoms with van der Waals surface area (Å²) >= 11 is 12.8. The first kappa shape index (κ1) is 29.4. The zero-order valence-electron chi connectivity index (χ0n) is 20.4. The fourth-order valence-corrected chi connectivity index (χ4v) is 4.19. The Morgan fingerprint density at radius 2 is 1.78 bits per heavy atom. The third-order valence-corrected chi connectivity index (χ3v) is 6.14. The van der Waals surface area contributed by atoms with Crippen molar-refractivity contribution >= 4 is 41.0 Å². The van der Waals surface area contributed by atoms with Crippen LogP contribution in [0.15, 0.2) is 36.4 Å². The summed E-state index contributed by atoms with van der Waals surface area (Å²) in [6, 6.07) is 9.17. The summed E-state index contributed by atoms with van der Waals surface area (Å²) in [4.78, 5) is 37.4. The summed E-state index contributed by atoms with van der Waals surface area (Å²) in [6.45, 7) is 2.10. The van der Waals surface area contributed by atoms with Gasteiger partial charge in [0.1, 0.15) is 11.8 Å². The van der Waals surface area contributed by atoms with Gasteiger partial charge in [-0.2, -0.15) is 0 Å². The number of nitrogens with one attached hydrogen (secondary N) is 2. The Labute approximate surface area is 221 Å². The minimum absolute atomic E-state index is 0.00534. The molecule has 0 aliphatic rings. The van der Waals surface area contributed by atoms with Gasteiger partial charge in [0.2, 0.25) is 0 Å². The Balaban J connectivity index is 2.18. The average molecular weight is 539 g/mol. The highest BCUT2D eigenvalue weighted by Gasteiger charge is 2.27. The highest BCUT2D eigenvalue weighted by atomic mass is 35.5. The van der Waals surface area contributed by atoms with E-state index in [9.17, 15) is 19.5 Å². The summed E-state index contributed by atoms with van der Waals surface area (Å²) < 4.78 is 9.82. The lowest BCUT2D eigenvalue weighted by Gasteiger charge is -2.19. The molecule has 36 heavy (non-hydrogen) atoms. The van der Waals surface area contributed by atoms with Crippen LogP contribution in [0, 0.1) is 0 Å². The van der Waals surface area contributed by atoms with Crippen LogP contribution >= 0.6 is 23.2 Å². The molecule has 10 heteroatoms. The maximum atomic E-state index is 13.1. The average Bonchev–Trinajstić information content (AvgIpc) is 2.86. The first-order valence-corrected chi connectivity index (χ1v) is 12.6. The number of phenols is 1. The summed E-state index contributed by atoms with van der Waals surface area (Å²) in [5.74, 6) is -2.70. The Kier molecular flexibility index (Phi) is 12.5. The van der Waals surface area contributed by atoms with Crippen molar-refractivity contribution in [3.8, 4) is 5.75 Å². The number of benzene rings is 2. The smallest absolute Gasteiger partial charge is 0.344 e. The predicted molar refractivity (Wildman–Crippen MR) is 139 cm³/mol. The number of ether oxygens (including phenoxy) is 2. The minimum atomic E-state index is -1.14. The zero-order chi connectivity index (χ0) is 26.5. The molecule has 196 valence electrons. The summed E-state index contributed by atoms with van der Waals surface area (Å²) in [6.07, 6.45) is 3.41. The third-order valence-electron chi connectivity index (χ3n) is 5.40. The number of unbranched alkanes of at least 4 members (excludes halogenated alkanes) is 2. The fraction of sp³-hybridized carbons (Fsp3) is 0.423. The van der Waals surface area contributed by atoms with E-state index in [-0.39, 0.29) is 28.6 Å². The number of rotatable bonds is 14. The molecule has 0 radical (unpaired) electrons. The van der Waals surface area contributed by atoms with Crippen LogP contribution in [0.2, 0.25) is 10.0 Å². The van der Waals surface area contributed by atoms with Gasteiger partial charge in [-0.1, -0.05) is 60.0 Å². The van der Waals surface area contributed by atoms with Gasteiger partial charge in [-0.25, -0.2) is 9.59 Å². The Hall–Kier alpha value is -2.81. The molecule has 2 aromatic carbocycles. The van der Waals surface area contributed by atoms with Gasteiger partial charge in [0.15, 0.2) is 6.61 Å². The molecule has 0 aromatic heterocycles. The quantitative estimate of drug-likeness (QED) is 0.245. The molecule has 0 heterocycles. The monoisotopic (exact) mass is 538 g/mol. The lowest BCUT2D eigenvalue weighted by atomic mass is 10.0. The number of amides is 1. The number of hydrogen-bond acceptors (Lipinski definition) is 7. The van der Waals surface area contributed by atoms with E-state index in [1.807, 2.05) is 13.1 Å². The molecule has 2 aromatic rings. The standard InChI is InChI=1S/C26H32Cl2N2O6/c1-3-35-22(31)16-36-26(34)21(14-17-10-6-4-7-11-17)30-25(33)19-15-20(27)18(23(28)24(19)32)12-8-5-9-13-29-2/h4,6-7,10-11,15,21,29,32H,3,5,8-9,12-14,16H2,1-2H3,(H,30,33)/t21-/m1/s1. The SMILES string of the molecule is CCOC(=O)COC(=O)[C@@H](Cc1ccccc1)NC(=O)c1cc(Cl)c(CCCCCNC)c(Cl)c1O. The van der Waals surface area contributed by atoms with Crippen LogP contribution in [-0.2, 0) is 31.9 Å². The minimum Gasteiger partial charge on any atom is -0.506 e. The highest BCUT2D eigenvalue weighted by molar-refractivity contribution is 6.37. The maximum absolute atomic E-state index is 13.1. The molecule has 0 unspecified atom stereocenters. The Morgan fingerprint density at radius 3 is 2.44 bits per heavy atom. The van der Waals surface area contributed by atoms with Crippen LogP contribution in [-0.4, -0.2) is 55.8 Å². The zero-order valence-corrected chi connectivity index (χ0v) is 22.0. The number of carbonyl (C=O) groups is 3. The largest absolute Gasteiger partial charge is 0.506 e. The van der Waals surface area contributed by atoms with Crippen LogP contribution in [0.25, 0.3) is 0 Å². The Morgan fingerprint density at radius 1 is 1.06 bits per heavy atom. The lowest BCUT2D eigenvalue weighted by Crippen LogP contribution is -2.44. The van der Waals surface area contributed by atoms with Crippen molar-refractivity contribution in [2.75, 3.05) is 26.8 Å². The summed E-state index contributed by atoms with van der Waals surface area (Å²) in [5.41, 5.74) is 1.15. The molecule has 1 amide bonds. The van der Waals surface area contributed by atoms with Gasteiger partial charge in [-0.3, -0.25) is 4.79 Å². The maximum Gasteiger partial charge on any atom is 0.344 e. The molecule has 3 N–H and O–H groups in total. The van der Waals surface area contributed by atoms with Crippen LogP contribution in [0.5, 0.6) is 5.75 Å². The fourth-order valence-electron chi connectivity index (χ4n) is 3.54. The molecule has 2 rings (SSSR count). The van der Waals surface area contributed by atoms with Crippen LogP contribution in [0.1, 0.15) is 47.7 Å². The summed E-state index contributed by atoms with van der Waals surface area (Å²) in [7, 11) is 1.89. The highest BCUT2D eigenvalue weighted by Crippen LogP contribution is 2.37. The van der Waals surface area contributed by atoms with Gasteiger partial charge in [-0.05, 0) is 57.0 Å². The van der Waals surface area contributed by atoms with E-state index in [0.717, 1.165) is 31.4 Å². The molecule has 0 aliphatic carbocycles. The van der Waals surface area contributed by atoms with E-state index >= 15 is 0 Å². The van der Waals surface area contributed by atoms with E-state index in [1.165, 1.54) is 6.07 Å². The first-order chi connectivity index (χ1) is 17.3. The van der Waals surface area contributed by atoms with E-state index in [2.05, 4.69) is 10.6 Å². The van der Waals surface area contributed by atoms with Crippen molar-refractivity contribution in [3.05, 3.63) is 63.1 Å². The van der Waals surface area contributed by atoms with Crippen molar-refractivity contribution < 1.29 is 29.0 Å². The molecular formula is C26H32Cl2N2O6. The number of hydrogen-bond donors (Lipinski definition) is 3. The van der Waals surface area contributed by atoms with Crippen LogP contribution in [0.3, 0.4) is 0 Å². The van der Waals surface area contributed by atoms with Crippen molar-refractivity contribution in [1.82, 2.24) is 10.6 Å². The summed E-state index contributed by atoms with van der Waals surface area (Å²) in [5, 5.41) is 16.6. The Bertz CT molecular complexity index is 1030. The molecule has 0 spiro atoms. The van der Waals surface area contributed by atoms with Gasteiger partial charge in [-0.15, -0.1) is 0 Å². The molecule has 0 fully saturated rings. The van der Waals surface area contributed by atoms with Gasteiger partial charge in [0.05, 0.1) is 17.2 Å². The number of esters is 2. The molecule has 1 atom stereocenters. The van der Waals surface area contributed by atoms with Gasteiger partial charge in [0.25, 0.3) is 5.91 Å². The number of carbonyl (C=O) groups excluding carboxylic acids is 3. The third kappa shape index (κ3) is 9.00. The molecule has 0 saturated heterocycles. The van der Waals surface area contributed by atoms with Gasteiger partial charge >= 0.3 is 11.9 Å². The predicted octanol–water partition coefficient (Wildman–Crippen LogP) is 4.08. The topological polar surface area (TPSA) is 114 Å². The van der Waals surface area contributed by atoms with Crippen molar-refractivity contribution in [3.63, 3.8) is 0 Å². The van der Waals surface area contributed by atoms with E-state index in [1.54, 1.807) is 31.2 Å². The molecule has 0 saturated carbocycles. The van der Waals surface area contributed by atoms with Crippen molar-refractivity contribution in [2.45, 2.75) is 45.1 Å². The first-order valence-electron chi connectivity index (χ1n) is 11.8. The number of halogens is 2. The van der Waals surface area contributed by atoms with E-state index < -0.39 is 36.2 Å². The second-order valence-electron chi connectivity index (χ2n) is 8.09. The second-order valence-corrected chi connectivity index (χ2v) is 8.87. The van der Waals surface area contributed by atoms with E-state index in [4.69, 9.17) is 32.7 Å². The van der Waals surface area contributed by atoms with Crippen molar-refractivity contribution in [1.29, 1.82) is 0 Å². The van der Waals surface area contributed by atoms with Crippen LogP contribution in [0.4, 0.5) is 0 Å². The number of phenolic OH excluding ortho intramolecular Hbond substituents is 1. The molecular weight excluding hydrogens is 507 g/mol. The molecule has 0 bridgehead atoms. The normalized spacial score (nSPS) is 11.6.